The monoisotopic (exact) mass is 373 g/mol. The molecule has 6 heteroatoms. The summed E-state index contributed by atoms with van der Waals surface area (Å²) in [4.78, 5) is 0. The van der Waals surface area contributed by atoms with Crippen molar-refractivity contribution in [3.63, 3.8) is 0 Å². The number of methoxy groups -OCH3 is 2. The largest absolute Gasteiger partial charge is 0.495 e. The highest BCUT2D eigenvalue weighted by molar-refractivity contribution is 9.10. The second kappa shape index (κ2) is 7.20. The average molecular weight is 375 g/mol. The molecule has 1 aromatic heterocycles. The van der Waals surface area contributed by atoms with E-state index in [1.807, 2.05) is 31.2 Å². The zero-order valence-corrected chi connectivity index (χ0v) is 14.4. The van der Waals surface area contributed by atoms with Gasteiger partial charge in [-0.25, -0.2) is 0 Å². The van der Waals surface area contributed by atoms with Crippen LogP contribution in [0, 0.1) is 0 Å². The van der Waals surface area contributed by atoms with E-state index in [-0.39, 0.29) is 6.04 Å². The normalized spacial score (nSPS) is 12.2. The molecule has 0 saturated heterocycles. The number of benzene rings is 1. The number of halogens is 2. The molecule has 0 amide bonds. The van der Waals surface area contributed by atoms with Gasteiger partial charge in [0.15, 0.2) is 4.67 Å². The lowest BCUT2D eigenvalue weighted by Crippen LogP contribution is -2.22. The Balaban J connectivity index is 2.52. The van der Waals surface area contributed by atoms with E-state index in [0.29, 0.717) is 21.2 Å². The molecule has 1 N–H and O–H groups in total. The van der Waals surface area contributed by atoms with Crippen LogP contribution in [0.2, 0.25) is 5.02 Å². The molecule has 0 radical (unpaired) electrons. The summed E-state index contributed by atoms with van der Waals surface area (Å²) >= 11 is 9.66. The Labute approximate surface area is 137 Å². The summed E-state index contributed by atoms with van der Waals surface area (Å²) in [5.41, 5.74) is 0.895. The van der Waals surface area contributed by atoms with Crippen LogP contribution in [-0.2, 0) is 0 Å². The standard InChI is InChI=1S/C15H17BrClNO3/c1-4-18-14(11-7-8-12(16)21-11)9-5-6-10(19-2)13(17)15(9)20-3/h5-8,14,18H,4H2,1-3H3. The molecular formula is C15H17BrClNO3. The third-order valence-electron chi connectivity index (χ3n) is 3.11. The maximum Gasteiger partial charge on any atom is 0.169 e. The van der Waals surface area contributed by atoms with Gasteiger partial charge >= 0.3 is 0 Å². The molecule has 1 aromatic carbocycles. The van der Waals surface area contributed by atoms with Crippen LogP contribution in [0.5, 0.6) is 11.5 Å². The van der Waals surface area contributed by atoms with Gasteiger partial charge in [-0.3, -0.25) is 0 Å². The minimum absolute atomic E-state index is 0.153. The predicted molar refractivity (Wildman–Crippen MR) is 86.5 cm³/mol. The number of ether oxygens (including phenoxy) is 2. The Morgan fingerprint density at radius 3 is 2.52 bits per heavy atom. The maximum atomic E-state index is 6.33. The molecule has 21 heavy (non-hydrogen) atoms. The van der Waals surface area contributed by atoms with Crippen LogP contribution in [0.1, 0.15) is 24.3 Å². The van der Waals surface area contributed by atoms with Crippen molar-refractivity contribution < 1.29 is 13.9 Å². The third kappa shape index (κ3) is 3.36. The van der Waals surface area contributed by atoms with Crippen LogP contribution in [0.25, 0.3) is 0 Å². The fourth-order valence-electron chi connectivity index (χ4n) is 2.20. The molecule has 1 atom stereocenters. The predicted octanol–water partition coefficient (Wildman–Crippen LogP) is 4.41. The minimum atomic E-state index is -0.153. The smallest absolute Gasteiger partial charge is 0.169 e. The summed E-state index contributed by atoms with van der Waals surface area (Å²) in [7, 11) is 3.16. The number of hydrogen-bond donors (Lipinski definition) is 1. The first kappa shape index (κ1) is 16.2. The zero-order valence-electron chi connectivity index (χ0n) is 12.1. The summed E-state index contributed by atoms with van der Waals surface area (Å²) in [5, 5.41) is 3.82. The van der Waals surface area contributed by atoms with Gasteiger partial charge in [-0.15, -0.1) is 0 Å². The molecule has 1 heterocycles. The first-order chi connectivity index (χ1) is 10.1. The van der Waals surface area contributed by atoms with Crippen molar-refractivity contribution in [3.05, 3.63) is 45.3 Å². The van der Waals surface area contributed by atoms with Crippen molar-refractivity contribution in [2.75, 3.05) is 20.8 Å². The number of furan rings is 1. The molecule has 2 aromatic rings. The number of nitrogens with one attached hydrogen (secondary N) is 1. The summed E-state index contributed by atoms with van der Waals surface area (Å²) in [5.74, 6) is 1.94. The van der Waals surface area contributed by atoms with Crippen molar-refractivity contribution in [1.82, 2.24) is 5.32 Å². The van der Waals surface area contributed by atoms with Crippen molar-refractivity contribution in [2.45, 2.75) is 13.0 Å². The van der Waals surface area contributed by atoms with Gasteiger partial charge in [0, 0.05) is 5.56 Å². The fraction of sp³-hybridized carbons (Fsp3) is 0.333. The highest BCUT2D eigenvalue weighted by Crippen LogP contribution is 2.41. The third-order valence-corrected chi connectivity index (χ3v) is 3.90. The number of rotatable bonds is 6. The molecule has 2 rings (SSSR count). The zero-order chi connectivity index (χ0) is 15.4. The van der Waals surface area contributed by atoms with Crippen molar-refractivity contribution in [1.29, 1.82) is 0 Å². The Bertz CT molecular complexity index is 615. The first-order valence-corrected chi connectivity index (χ1v) is 7.68. The summed E-state index contributed by atoms with van der Waals surface area (Å²) in [6.07, 6.45) is 0. The average Bonchev–Trinajstić information content (AvgIpc) is 2.91. The molecule has 1 unspecified atom stereocenters. The topological polar surface area (TPSA) is 43.6 Å². The van der Waals surface area contributed by atoms with Gasteiger partial charge in [0.25, 0.3) is 0 Å². The van der Waals surface area contributed by atoms with Crippen LogP contribution < -0.4 is 14.8 Å². The molecule has 0 aliphatic heterocycles. The van der Waals surface area contributed by atoms with E-state index in [1.54, 1.807) is 14.2 Å². The Kier molecular flexibility index (Phi) is 5.56. The van der Waals surface area contributed by atoms with Crippen molar-refractivity contribution in [3.8, 4) is 11.5 Å². The lowest BCUT2D eigenvalue weighted by Gasteiger charge is -2.20. The van der Waals surface area contributed by atoms with E-state index < -0.39 is 0 Å². The second-order valence-electron chi connectivity index (χ2n) is 4.34. The van der Waals surface area contributed by atoms with E-state index in [1.165, 1.54) is 0 Å². The Morgan fingerprint density at radius 2 is 2.00 bits per heavy atom. The van der Waals surface area contributed by atoms with Gasteiger partial charge in [0.2, 0.25) is 0 Å². The lowest BCUT2D eigenvalue weighted by molar-refractivity contribution is 0.380. The molecule has 0 spiro atoms. The fourth-order valence-corrected chi connectivity index (χ4v) is 2.84. The van der Waals surface area contributed by atoms with Crippen LogP contribution in [0.3, 0.4) is 0 Å². The van der Waals surface area contributed by atoms with Gasteiger partial charge in [0.1, 0.15) is 22.3 Å². The van der Waals surface area contributed by atoms with Crippen LogP contribution in [-0.4, -0.2) is 20.8 Å². The van der Waals surface area contributed by atoms with Gasteiger partial charge in [-0.05, 0) is 46.7 Å². The van der Waals surface area contributed by atoms with Crippen LogP contribution in [0.15, 0.2) is 33.4 Å². The molecular weight excluding hydrogens is 358 g/mol. The molecule has 0 saturated carbocycles. The van der Waals surface area contributed by atoms with E-state index in [0.717, 1.165) is 17.9 Å². The van der Waals surface area contributed by atoms with Gasteiger partial charge in [-0.2, -0.15) is 0 Å². The van der Waals surface area contributed by atoms with Crippen molar-refractivity contribution in [2.24, 2.45) is 0 Å². The van der Waals surface area contributed by atoms with Crippen molar-refractivity contribution >= 4 is 27.5 Å². The van der Waals surface area contributed by atoms with Crippen LogP contribution >= 0.6 is 27.5 Å². The summed E-state index contributed by atoms with van der Waals surface area (Å²) in [6, 6.07) is 7.36. The van der Waals surface area contributed by atoms with Gasteiger partial charge < -0.3 is 19.2 Å². The quantitative estimate of drug-likeness (QED) is 0.813. The van der Waals surface area contributed by atoms with E-state index in [9.17, 15) is 0 Å². The van der Waals surface area contributed by atoms with E-state index in [4.69, 9.17) is 25.5 Å². The molecule has 4 nitrogen and oxygen atoms in total. The van der Waals surface area contributed by atoms with Gasteiger partial charge in [0.05, 0.1) is 20.3 Å². The summed E-state index contributed by atoms with van der Waals surface area (Å²) < 4.78 is 17.1. The Hall–Kier alpha value is -1.17. The molecule has 114 valence electrons. The van der Waals surface area contributed by atoms with E-state index >= 15 is 0 Å². The minimum Gasteiger partial charge on any atom is -0.495 e. The highest BCUT2D eigenvalue weighted by atomic mass is 79.9. The highest BCUT2D eigenvalue weighted by Gasteiger charge is 2.23. The lowest BCUT2D eigenvalue weighted by atomic mass is 10.0. The SMILES string of the molecule is CCNC(c1ccc(Br)o1)c1ccc(OC)c(Cl)c1OC. The first-order valence-electron chi connectivity index (χ1n) is 6.51. The maximum absolute atomic E-state index is 6.33. The molecule has 0 fully saturated rings. The van der Waals surface area contributed by atoms with Crippen LogP contribution in [0.4, 0.5) is 0 Å². The molecule has 0 aliphatic rings. The van der Waals surface area contributed by atoms with E-state index in [2.05, 4.69) is 21.2 Å². The second-order valence-corrected chi connectivity index (χ2v) is 5.50. The Morgan fingerprint density at radius 1 is 1.24 bits per heavy atom. The molecule has 0 aliphatic carbocycles. The molecule has 0 bridgehead atoms. The van der Waals surface area contributed by atoms with Gasteiger partial charge in [-0.1, -0.05) is 18.5 Å². The summed E-state index contributed by atoms with van der Waals surface area (Å²) in [6.45, 7) is 2.80. The number of hydrogen-bond acceptors (Lipinski definition) is 4.